The molecule has 0 aliphatic carbocycles. The van der Waals surface area contributed by atoms with Gasteiger partial charge in [0.1, 0.15) is 11.3 Å². The molecular formula is C14H19F3N2O3. The zero-order valence-corrected chi connectivity index (χ0v) is 12.3. The first kappa shape index (κ1) is 18.2. The predicted molar refractivity (Wildman–Crippen MR) is 74.5 cm³/mol. The van der Waals surface area contributed by atoms with E-state index in [1.54, 1.807) is 4.98 Å². The standard InChI is InChI=1S/C14H19F3N2O3/c1-3-8(4-2)10(20)7-18-12(21)9-5-6-11(14(15,16)17)19-13(9)22/h5-6,8,10,20H,3-4,7H2,1-2H3,(H,18,21)(H,19,22). The maximum atomic E-state index is 12.4. The fourth-order valence-corrected chi connectivity index (χ4v) is 2.11. The fourth-order valence-electron chi connectivity index (χ4n) is 2.11. The van der Waals surface area contributed by atoms with Gasteiger partial charge in [0.2, 0.25) is 0 Å². The first-order chi connectivity index (χ1) is 10.2. The molecule has 0 aliphatic heterocycles. The summed E-state index contributed by atoms with van der Waals surface area (Å²) >= 11 is 0. The van der Waals surface area contributed by atoms with Gasteiger partial charge >= 0.3 is 6.18 Å². The zero-order valence-electron chi connectivity index (χ0n) is 12.3. The first-order valence-corrected chi connectivity index (χ1v) is 6.97. The molecule has 8 heteroatoms. The van der Waals surface area contributed by atoms with Gasteiger partial charge in [-0.1, -0.05) is 26.7 Å². The summed E-state index contributed by atoms with van der Waals surface area (Å²) in [5.41, 5.74) is -2.76. The average molecular weight is 320 g/mol. The van der Waals surface area contributed by atoms with E-state index in [1.807, 2.05) is 13.8 Å². The van der Waals surface area contributed by atoms with Gasteiger partial charge in [0.15, 0.2) is 0 Å². The van der Waals surface area contributed by atoms with Crippen molar-refractivity contribution < 1.29 is 23.1 Å². The smallest absolute Gasteiger partial charge is 0.391 e. The number of alkyl halides is 3. The number of H-pyrrole nitrogens is 1. The molecule has 0 radical (unpaired) electrons. The molecular weight excluding hydrogens is 301 g/mol. The molecule has 0 spiro atoms. The molecule has 1 aromatic heterocycles. The molecule has 1 heterocycles. The fraction of sp³-hybridized carbons (Fsp3) is 0.571. The summed E-state index contributed by atoms with van der Waals surface area (Å²) in [6.07, 6.45) is -3.99. The summed E-state index contributed by atoms with van der Waals surface area (Å²) in [6.45, 7) is 3.74. The van der Waals surface area contributed by atoms with E-state index >= 15 is 0 Å². The highest BCUT2D eigenvalue weighted by molar-refractivity contribution is 5.93. The van der Waals surface area contributed by atoms with Crippen molar-refractivity contribution in [1.82, 2.24) is 10.3 Å². The van der Waals surface area contributed by atoms with Crippen LogP contribution in [0.15, 0.2) is 16.9 Å². The van der Waals surface area contributed by atoms with Gasteiger partial charge in [-0.3, -0.25) is 9.59 Å². The van der Waals surface area contributed by atoms with Crippen LogP contribution < -0.4 is 10.9 Å². The van der Waals surface area contributed by atoms with Crippen LogP contribution in [0.4, 0.5) is 13.2 Å². The van der Waals surface area contributed by atoms with Gasteiger partial charge in [0, 0.05) is 6.54 Å². The molecule has 22 heavy (non-hydrogen) atoms. The Morgan fingerprint density at radius 2 is 1.91 bits per heavy atom. The summed E-state index contributed by atoms with van der Waals surface area (Å²) in [5.74, 6) is -0.814. The Kier molecular flexibility index (Phi) is 6.16. The van der Waals surface area contributed by atoms with E-state index in [9.17, 15) is 27.9 Å². The van der Waals surface area contributed by atoms with E-state index < -0.39 is 35.0 Å². The highest BCUT2D eigenvalue weighted by Gasteiger charge is 2.32. The molecule has 1 amide bonds. The molecule has 0 aromatic carbocycles. The van der Waals surface area contributed by atoms with E-state index in [1.165, 1.54) is 0 Å². The highest BCUT2D eigenvalue weighted by atomic mass is 19.4. The van der Waals surface area contributed by atoms with Crippen LogP contribution in [0.25, 0.3) is 0 Å². The number of amides is 1. The quantitative estimate of drug-likeness (QED) is 0.749. The van der Waals surface area contributed by atoms with Crippen molar-refractivity contribution in [2.24, 2.45) is 5.92 Å². The van der Waals surface area contributed by atoms with Crippen LogP contribution >= 0.6 is 0 Å². The SMILES string of the molecule is CCC(CC)C(O)CNC(=O)c1ccc(C(F)(F)F)[nH]c1=O. The molecule has 1 rings (SSSR count). The minimum absolute atomic E-state index is 0.00573. The molecule has 0 saturated carbocycles. The van der Waals surface area contributed by atoms with Gasteiger partial charge in [-0.15, -0.1) is 0 Å². The summed E-state index contributed by atoms with van der Waals surface area (Å²) in [5, 5.41) is 12.2. The molecule has 3 N–H and O–H groups in total. The van der Waals surface area contributed by atoms with Gasteiger partial charge in [-0.05, 0) is 18.1 Å². The summed E-state index contributed by atoms with van der Waals surface area (Å²) in [7, 11) is 0. The van der Waals surface area contributed by atoms with Gasteiger partial charge < -0.3 is 15.4 Å². The number of hydrogen-bond acceptors (Lipinski definition) is 3. The number of aliphatic hydroxyl groups excluding tert-OH is 1. The second-order valence-corrected chi connectivity index (χ2v) is 4.97. The Labute approximate surface area is 125 Å². The lowest BCUT2D eigenvalue weighted by atomic mass is 9.96. The van der Waals surface area contributed by atoms with E-state index in [4.69, 9.17) is 0 Å². The Bertz CT molecular complexity index is 565. The monoisotopic (exact) mass is 320 g/mol. The van der Waals surface area contributed by atoms with Crippen molar-refractivity contribution in [3.8, 4) is 0 Å². The second kappa shape index (κ2) is 7.44. The maximum Gasteiger partial charge on any atom is 0.431 e. The van der Waals surface area contributed by atoms with Gasteiger partial charge in [0.05, 0.1) is 6.10 Å². The second-order valence-electron chi connectivity index (χ2n) is 4.97. The van der Waals surface area contributed by atoms with Crippen molar-refractivity contribution >= 4 is 5.91 Å². The number of pyridine rings is 1. The number of carbonyl (C=O) groups is 1. The lowest BCUT2D eigenvalue weighted by Gasteiger charge is -2.20. The maximum absolute atomic E-state index is 12.4. The van der Waals surface area contributed by atoms with Crippen molar-refractivity contribution in [2.45, 2.75) is 39.0 Å². The number of rotatable bonds is 6. The summed E-state index contributed by atoms with van der Waals surface area (Å²) in [6, 6.07) is 1.45. The highest BCUT2D eigenvalue weighted by Crippen LogP contribution is 2.26. The Morgan fingerprint density at radius 1 is 1.32 bits per heavy atom. The summed E-state index contributed by atoms with van der Waals surface area (Å²) < 4.78 is 37.3. The van der Waals surface area contributed by atoms with Crippen LogP contribution in [0.5, 0.6) is 0 Å². The molecule has 1 unspecified atom stereocenters. The number of halogens is 3. The van der Waals surface area contributed by atoms with Crippen LogP contribution in [0.2, 0.25) is 0 Å². The van der Waals surface area contributed by atoms with E-state index in [0.717, 1.165) is 18.9 Å². The summed E-state index contributed by atoms with van der Waals surface area (Å²) in [4.78, 5) is 25.0. The Morgan fingerprint density at radius 3 is 2.36 bits per heavy atom. The van der Waals surface area contributed by atoms with E-state index in [-0.39, 0.29) is 12.5 Å². The first-order valence-electron chi connectivity index (χ1n) is 6.97. The number of aliphatic hydroxyl groups is 1. The number of hydrogen-bond donors (Lipinski definition) is 3. The average Bonchev–Trinajstić information content (AvgIpc) is 2.45. The lowest BCUT2D eigenvalue weighted by Crippen LogP contribution is -2.38. The third-order valence-corrected chi connectivity index (χ3v) is 3.52. The van der Waals surface area contributed by atoms with Crippen LogP contribution in [-0.2, 0) is 6.18 Å². The molecule has 1 aromatic rings. The number of aromatic amines is 1. The van der Waals surface area contributed by atoms with Crippen molar-refractivity contribution in [2.75, 3.05) is 6.54 Å². The Balaban J connectivity index is 2.77. The van der Waals surface area contributed by atoms with Crippen LogP contribution in [0, 0.1) is 5.92 Å². The van der Waals surface area contributed by atoms with Crippen LogP contribution in [-0.4, -0.2) is 28.6 Å². The minimum atomic E-state index is -4.68. The molecule has 0 aliphatic rings. The normalized spacial score (nSPS) is 13.2. The third-order valence-electron chi connectivity index (χ3n) is 3.52. The van der Waals surface area contributed by atoms with Crippen molar-refractivity contribution in [3.63, 3.8) is 0 Å². The third kappa shape index (κ3) is 4.59. The molecule has 5 nitrogen and oxygen atoms in total. The molecule has 124 valence electrons. The van der Waals surface area contributed by atoms with Crippen LogP contribution in [0.3, 0.4) is 0 Å². The van der Waals surface area contributed by atoms with Crippen molar-refractivity contribution in [1.29, 1.82) is 0 Å². The molecule has 0 saturated heterocycles. The van der Waals surface area contributed by atoms with Gasteiger partial charge in [-0.2, -0.15) is 13.2 Å². The van der Waals surface area contributed by atoms with E-state index in [0.29, 0.717) is 6.07 Å². The number of aromatic nitrogens is 1. The predicted octanol–water partition coefficient (Wildman–Crippen LogP) is 1.92. The largest absolute Gasteiger partial charge is 0.431 e. The zero-order chi connectivity index (χ0) is 16.9. The minimum Gasteiger partial charge on any atom is -0.391 e. The van der Waals surface area contributed by atoms with Crippen LogP contribution in [0.1, 0.15) is 42.7 Å². The lowest BCUT2D eigenvalue weighted by molar-refractivity contribution is -0.141. The molecule has 1 atom stereocenters. The topological polar surface area (TPSA) is 82.2 Å². The van der Waals surface area contributed by atoms with Crippen molar-refractivity contribution in [3.05, 3.63) is 33.7 Å². The number of nitrogens with one attached hydrogen (secondary N) is 2. The Hall–Kier alpha value is -1.83. The van der Waals surface area contributed by atoms with Gasteiger partial charge in [-0.25, -0.2) is 0 Å². The molecule has 0 bridgehead atoms. The van der Waals surface area contributed by atoms with E-state index in [2.05, 4.69) is 5.32 Å². The molecule has 0 fully saturated rings. The number of carbonyl (C=O) groups excluding carboxylic acids is 1. The van der Waals surface area contributed by atoms with Gasteiger partial charge in [0.25, 0.3) is 11.5 Å².